The molecule has 1 fully saturated rings. The summed E-state index contributed by atoms with van der Waals surface area (Å²) in [5.74, 6) is 0.0394. The maximum Gasteiger partial charge on any atom is 0.332 e. The smallest absolute Gasteiger partial charge is 0.332 e. The number of hydrogen-bond donors (Lipinski definition) is 2. The first-order valence-corrected chi connectivity index (χ1v) is 15.0. The van der Waals surface area contributed by atoms with Gasteiger partial charge in [0, 0.05) is 29.6 Å². The first kappa shape index (κ1) is 27.0. The molecule has 1 saturated heterocycles. The number of para-hydroxylation sites is 2. The van der Waals surface area contributed by atoms with Gasteiger partial charge in [-0.25, -0.2) is 9.69 Å². The molecule has 0 saturated carbocycles. The molecule has 218 valence electrons. The zero-order chi connectivity index (χ0) is 29.5. The highest BCUT2D eigenvalue weighted by Crippen LogP contribution is 2.45. The number of carbonyl (C=O) groups excluding carboxylic acids is 3. The number of hydrogen-bond acceptors (Lipinski definition) is 4. The summed E-state index contributed by atoms with van der Waals surface area (Å²) in [5, 5.41) is 4.06. The van der Waals surface area contributed by atoms with Crippen molar-refractivity contribution in [2.45, 2.75) is 50.6 Å². The Morgan fingerprint density at radius 2 is 1.86 bits per heavy atom. The van der Waals surface area contributed by atoms with Crippen molar-refractivity contribution in [2.24, 2.45) is 0 Å². The van der Waals surface area contributed by atoms with Gasteiger partial charge in [0.05, 0.1) is 18.4 Å². The van der Waals surface area contributed by atoms with Crippen LogP contribution in [0.1, 0.15) is 65.3 Å². The number of urea groups is 1. The van der Waals surface area contributed by atoms with E-state index in [4.69, 9.17) is 4.74 Å². The molecule has 1 aliphatic carbocycles. The van der Waals surface area contributed by atoms with Crippen LogP contribution in [-0.2, 0) is 11.2 Å². The van der Waals surface area contributed by atoms with E-state index in [1.807, 2.05) is 48.5 Å². The number of amides is 4. The van der Waals surface area contributed by atoms with E-state index in [2.05, 4.69) is 16.4 Å². The third kappa shape index (κ3) is 4.67. The highest BCUT2D eigenvalue weighted by atomic mass is 16.5. The molecule has 8 heteroatoms. The summed E-state index contributed by atoms with van der Waals surface area (Å²) in [5.41, 5.74) is 5.70. The zero-order valence-electron chi connectivity index (χ0n) is 24.1. The van der Waals surface area contributed by atoms with Gasteiger partial charge in [-0.3, -0.25) is 14.5 Å². The van der Waals surface area contributed by atoms with Gasteiger partial charge in [0.1, 0.15) is 17.8 Å². The number of imide groups is 1. The molecule has 2 N–H and O–H groups in total. The number of rotatable bonds is 7. The Morgan fingerprint density at radius 1 is 1.02 bits per heavy atom. The van der Waals surface area contributed by atoms with Crippen molar-refractivity contribution >= 4 is 34.4 Å². The van der Waals surface area contributed by atoms with Gasteiger partial charge < -0.3 is 15.0 Å². The zero-order valence-corrected chi connectivity index (χ0v) is 24.1. The van der Waals surface area contributed by atoms with Crippen molar-refractivity contribution in [2.75, 3.05) is 18.6 Å². The Kier molecular flexibility index (Phi) is 6.97. The molecule has 0 radical (unpaired) electrons. The molecular formula is C35H34N4O4. The van der Waals surface area contributed by atoms with E-state index in [0.29, 0.717) is 30.0 Å². The van der Waals surface area contributed by atoms with Crippen LogP contribution in [0.25, 0.3) is 10.9 Å². The number of aromatic nitrogens is 1. The van der Waals surface area contributed by atoms with Crippen LogP contribution < -0.4 is 15.0 Å². The van der Waals surface area contributed by atoms with E-state index in [0.717, 1.165) is 47.0 Å². The second-order valence-electron chi connectivity index (χ2n) is 11.5. The molecule has 0 bridgehead atoms. The Hall–Kier alpha value is -4.85. The van der Waals surface area contributed by atoms with E-state index < -0.39 is 18.1 Å². The fourth-order valence-electron chi connectivity index (χ4n) is 6.88. The molecule has 3 heterocycles. The van der Waals surface area contributed by atoms with Crippen LogP contribution in [0, 0.1) is 0 Å². The number of carbonyl (C=O) groups is 3. The second kappa shape index (κ2) is 11.1. The molecule has 2 unspecified atom stereocenters. The lowest BCUT2D eigenvalue weighted by Gasteiger charge is -2.36. The van der Waals surface area contributed by atoms with Gasteiger partial charge in [-0.1, -0.05) is 54.1 Å². The Balaban J connectivity index is 1.25. The maximum absolute atomic E-state index is 14.4. The van der Waals surface area contributed by atoms with Crippen LogP contribution in [0.15, 0.2) is 84.4 Å². The fraction of sp³-hybridized carbons (Fsp3) is 0.286. The molecule has 3 aromatic carbocycles. The largest absolute Gasteiger partial charge is 0.497 e. The predicted molar refractivity (Wildman–Crippen MR) is 165 cm³/mol. The van der Waals surface area contributed by atoms with Crippen molar-refractivity contribution in [1.82, 2.24) is 15.2 Å². The van der Waals surface area contributed by atoms with E-state index in [1.54, 1.807) is 36.3 Å². The molecule has 3 aliphatic rings. The number of fused-ring (bicyclic) bond motifs is 4. The number of anilines is 1. The SMILES string of the molecule is COc1cccc(C2c3[nH]c4ccccc4c3CC3C(=O)N(c4ccccc4C(=O)NCCC4=CCCCC4)C(=O)N32)c1. The fourth-order valence-corrected chi connectivity index (χ4v) is 6.88. The van der Waals surface area contributed by atoms with E-state index in [1.165, 1.54) is 23.3 Å². The number of H-pyrrole nitrogens is 1. The van der Waals surface area contributed by atoms with Gasteiger partial charge in [0.25, 0.3) is 11.8 Å². The Bertz CT molecular complexity index is 1770. The van der Waals surface area contributed by atoms with E-state index >= 15 is 0 Å². The molecule has 43 heavy (non-hydrogen) atoms. The van der Waals surface area contributed by atoms with Gasteiger partial charge in [-0.05, 0) is 73.6 Å². The monoisotopic (exact) mass is 574 g/mol. The third-order valence-electron chi connectivity index (χ3n) is 8.96. The van der Waals surface area contributed by atoms with Crippen molar-refractivity contribution in [1.29, 1.82) is 0 Å². The molecule has 0 spiro atoms. The second-order valence-corrected chi connectivity index (χ2v) is 11.5. The number of aromatic amines is 1. The Labute approximate surface area is 250 Å². The molecule has 4 amide bonds. The first-order chi connectivity index (χ1) is 21.0. The highest BCUT2D eigenvalue weighted by molar-refractivity contribution is 6.24. The van der Waals surface area contributed by atoms with Crippen LogP contribution in [0.3, 0.4) is 0 Å². The minimum Gasteiger partial charge on any atom is -0.497 e. The average Bonchev–Trinajstić information content (AvgIpc) is 3.54. The van der Waals surface area contributed by atoms with Gasteiger partial charge in [-0.2, -0.15) is 0 Å². The summed E-state index contributed by atoms with van der Waals surface area (Å²) in [6.45, 7) is 0.509. The topological polar surface area (TPSA) is 94.7 Å². The summed E-state index contributed by atoms with van der Waals surface area (Å²) < 4.78 is 5.52. The molecule has 7 rings (SSSR count). The average molecular weight is 575 g/mol. The molecular weight excluding hydrogens is 540 g/mol. The van der Waals surface area contributed by atoms with Crippen LogP contribution in [0.4, 0.5) is 10.5 Å². The highest BCUT2D eigenvalue weighted by Gasteiger charge is 2.53. The molecule has 2 aliphatic heterocycles. The molecule has 1 aromatic heterocycles. The summed E-state index contributed by atoms with van der Waals surface area (Å²) in [6.07, 6.45) is 8.04. The van der Waals surface area contributed by atoms with E-state index in [-0.39, 0.29) is 11.8 Å². The number of benzene rings is 3. The predicted octanol–water partition coefficient (Wildman–Crippen LogP) is 6.28. The van der Waals surface area contributed by atoms with Gasteiger partial charge in [0.15, 0.2) is 0 Å². The van der Waals surface area contributed by atoms with Crippen LogP contribution in [0.2, 0.25) is 0 Å². The van der Waals surface area contributed by atoms with E-state index in [9.17, 15) is 14.4 Å². The molecule has 4 aromatic rings. The number of allylic oxidation sites excluding steroid dienone is 1. The summed E-state index contributed by atoms with van der Waals surface area (Å²) in [7, 11) is 1.61. The number of nitrogens with zero attached hydrogens (tertiary/aromatic N) is 2. The number of ether oxygens (including phenoxy) is 1. The standard InChI is InChI=1S/C35H34N4O4/c1-43-24-13-9-12-23(20-24)32-31-27(25-14-5-7-16-28(25)37-31)21-30-34(41)39(35(42)38(30)32)29-17-8-6-15-26(29)33(40)36-19-18-22-10-3-2-4-11-22/h5-10,12-17,20,30,32,37H,2-4,11,18-19,21H2,1H3,(H,36,40). The van der Waals surface area contributed by atoms with Gasteiger partial charge >= 0.3 is 6.03 Å². The maximum atomic E-state index is 14.4. The van der Waals surface area contributed by atoms with Crippen LogP contribution >= 0.6 is 0 Å². The lowest BCUT2D eigenvalue weighted by molar-refractivity contribution is -0.120. The number of methoxy groups -OCH3 is 1. The lowest BCUT2D eigenvalue weighted by Crippen LogP contribution is -2.44. The Morgan fingerprint density at radius 3 is 2.70 bits per heavy atom. The summed E-state index contributed by atoms with van der Waals surface area (Å²) in [6, 6.07) is 20.8. The van der Waals surface area contributed by atoms with Crippen molar-refractivity contribution in [3.63, 3.8) is 0 Å². The number of nitrogens with one attached hydrogen (secondary N) is 2. The first-order valence-electron chi connectivity index (χ1n) is 15.0. The third-order valence-corrected chi connectivity index (χ3v) is 8.96. The minimum absolute atomic E-state index is 0.293. The van der Waals surface area contributed by atoms with Gasteiger partial charge in [0.2, 0.25) is 0 Å². The minimum atomic E-state index is -0.718. The van der Waals surface area contributed by atoms with Crippen LogP contribution in [-0.4, -0.2) is 47.4 Å². The molecule has 8 nitrogen and oxygen atoms in total. The quantitative estimate of drug-likeness (QED) is 0.201. The lowest BCUT2D eigenvalue weighted by atomic mass is 9.89. The van der Waals surface area contributed by atoms with Crippen molar-refractivity contribution in [3.8, 4) is 5.75 Å². The van der Waals surface area contributed by atoms with Crippen molar-refractivity contribution < 1.29 is 19.1 Å². The summed E-state index contributed by atoms with van der Waals surface area (Å²) >= 11 is 0. The van der Waals surface area contributed by atoms with Crippen molar-refractivity contribution in [3.05, 3.63) is 107 Å². The normalized spacial score (nSPS) is 19.7. The molecule has 2 atom stereocenters. The van der Waals surface area contributed by atoms with Gasteiger partial charge in [-0.15, -0.1) is 0 Å². The van der Waals surface area contributed by atoms with Crippen LogP contribution in [0.5, 0.6) is 5.75 Å². The summed E-state index contributed by atoms with van der Waals surface area (Å²) in [4.78, 5) is 48.4.